The highest BCUT2D eigenvalue weighted by Gasteiger charge is 2.44. The van der Waals surface area contributed by atoms with E-state index in [2.05, 4.69) is 10.6 Å². The third-order valence-corrected chi connectivity index (χ3v) is 4.76. The second-order valence-electron chi connectivity index (χ2n) is 8.76. The molecule has 7 nitrogen and oxygen atoms in total. The third kappa shape index (κ3) is 5.35. The van der Waals surface area contributed by atoms with Gasteiger partial charge >= 0.3 is 6.09 Å². The summed E-state index contributed by atoms with van der Waals surface area (Å²) in [7, 11) is 0. The summed E-state index contributed by atoms with van der Waals surface area (Å²) in [5.74, 6) is 0.102. The van der Waals surface area contributed by atoms with Crippen molar-refractivity contribution >= 4 is 17.9 Å². The van der Waals surface area contributed by atoms with E-state index in [1.807, 2.05) is 13.8 Å². The molecule has 0 aromatic heterocycles. The van der Waals surface area contributed by atoms with Crippen LogP contribution in [0.1, 0.15) is 66.7 Å². The van der Waals surface area contributed by atoms with Crippen molar-refractivity contribution in [3.8, 4) is 0 Å². The van der Waals surface area contributed by atoms with Gasteiger partial charge in [0.1, 0.15) is 17.7 Å². The molecule has 2 fully saturated rings. The van der Waals surface area contributed by atoms with Gasteiger partial charge in [-0.3, -0.25) is 9.59 Å². The van der Waals surface area contributed by atoms with Crippen molar-refractivity contribution < 1.29 is 19.1 Å². The molecular weight excluding hydrogens is 334 g/mol. The molecule has 0 bridgehead atoms. The first-order valence-electron chi connectivity index (χ1n) is 9.68. The molecule has 2 heterocycles. The molecule has 0 saturated carbocycles. The molecule has 148 valence electrons. The Bertz CT molecular complexity index is 541. The van der Waals surface area contributed by atoms with Crippen molar-refractivity contribution in [1.29, 1.82) is 0 Å². The summed E-state index contributed by atoms with van der Waals surface area (Å²) in [5, 5.41) is 5.64. The van der Waals surface area contributed by atoms with Crippen LogP contribution in [0, 0.1) is 5.92 Å². The van der Waals surface area contributed by atoms with Gasteiger partial charge in [-0.15, -0.1) is 0 Å². The van der Waals surface area contributed by atoms with Gasteiger partial charge in [-0.1, -0.05) is 13.8 Å². The number of amides is 3. The first-order chi connectivity index (χ1) is 12.1. The van der Waals surface area contributed by atoms with Gasteiger partial charge in [-0.25, -0.2) is 4.79 Å². The van der Waals surface area contributed by atoms with Crippen LogP contribution in [-0.4, -0.2) is 53.1 Å². The van der Waals surface area contributed by atoms with Crippen molar-refractivity contribution in [2.24, 2.45) is 5.92 Å². The van der Waals surface area contributed by atoms with Crippen molar-refractivity contribution in [2.75, 3.05) is 6.54 Å². The molecule has 0 unspecified atom stereocenters. The van der Waals surface area contributed by atoms with Crippen LogP contribution in [0.3, 0.4) is 0 Å². The lowest BCUT2D eigenvalue weighted by molar-refractivity contribution is -0.141. The van der Waals surface area contributed by atoms with Gasteiger partial charge in [0.15, 0.2) is 0 Å². The summed E-state index contributed by atoms with van der Waals surface area (Å²) in [6.45, 7) is 10.0. The Morgan fingerprint density at radius 1 is 1.19 bits per heavy atom. The number of rotatable bonds is 4. The van der Waals surface area contributed by atoms with Crippen molar-refractivity contribution in [2.45, 2.75) is 90.4 Å². The summed E-state index contributed by atoms with van der Waals surface area (Å²) >= 11 is 0. The van der Waals surface area contributed by atoms with E-state index in [0.717, 1.165) is 19.3 Å². The van der Waals surface area contributed by atoms with Crippen LogP contribution in [-0.2, 0) is 14.3 Å². The Hall–Kier alpha value is -1.79. The van der Waals surface area contributed by atoms with E-state index < -0.39 is 23.8 Å². The maximum atomic E-state index is 13.1. The van der Waals surface area contributed by atoms with Crippen molar-refractivity contribution in [1.82, 2.24) is 15.5 Å². The first kappa shape index (κ1) is 20.5. The molecule has 0 radical (unpaired) electrons. The van der Waals surface area contributed by atoms with Gasteiger partial charge in [0.2, 0.25) is 11.8 Å². The Balaban J connectivity index is 2.06. The smallest absolute Gasteiger partial charge is 0.408 e. The van der Waals surface area contributed by atoms with Gasteiger partial charge in [0.05, 0.1) is 0 Å². The fourth-order valence-corrected chi connectivity index (χ4v) is 3.62. The normalized spacial score (nSPS) is 26.3. The monoisotopic (exact) mass is 367 g/mol. The molecule has 0 aromatic rings. The molecule has 2 aliphatic heterocycles. The summed E-state index contributed by atoms with van der Waals surface area (Å²) in [4.78, 5) is 39.4. The standard InChI is InChI=1S/C19H33N3O4/c1-12(2)11-20-16(23)15-10-9-13-7-6-8-14(17(24)22(13)15)21-18(25)26-19(3,4)5/h12-15H,6-11H2,1-5H3,(H,20,23)(H,21,25)/t13-,14-,15-/m0/s1. The van der Waals surface area contributed by atoms with Crippen LogP contribution >= 0.6 is 0 Å². The molecule has 3 atom stereocenters. The summed E-state index contributed by atoms with van der Waals surface area (Å²) < 4.78 is 5.28. The van der Waals surface area contributed by atoms with E-state index in [1.54, 1.807) is 25.7 Å². The van der Waals surface area contributed by atoms with Gasteiger partial charge < -0.3 is 20.3 Å². The van der Waals surface area contributed by atoms with Gasteiger partial charge in [-0.2, -0.15) is 0 Å². The Morgan fingerprint density at radius 3 is 2.50 bits per heavy atom. The Labute approximate surface area is 156 Å². The molecule has 0 aromatic carbocycles. The number of nitrogens with zero attached hydrogens (tertiary/aromatic N) is 1. The minimum absolute atomic E-state index is 0.0859. The molecule has 2 rings (SSSR count). The molecule has 0 spiro atoms. The molecule has 7 heteroatoms. The quantitative estimate of drug-likeness (QED) is 0.797. The SMILES string of the molecule is CC(C)CNC(=O)[C@@H]1CC[C@@H]2CCC[C@H](NC(=O)OC(C)(C)C)C(=O)N21. The van der Waals surface area contributed by atoms with Crippen molar-refractivity contribution in [3.05, 3.63) is 0 Å². The van der Waals surface area contributed by atoms with Crippen LogP contribution < -0.4 is 10.6 Å². The van der Waals surface area contributed by atoms with Gasteiger partial charge in [0, 0.05) is 12.6 Å². The molecule has 0 aliphatic carbocycles. The number of nitrogens with one attached hydrogen (secondary N) is 2. The summed E-state index contributed by atoms with van der Waals surface area (Å²) in [6.07, 6.45) is 3.21. The highest BCUT2D eigenvalue weighted by molar-refractivity contribution is 5.92. The zero-order valence-corrected chi connectivity index (χ0v) is 16.6. The van der Waals surface area contributed by atoms with Crippen LogP contribution in [0.5, 0.6) is 0 Å². The maximum Gasteiger partial charge on any atom is 0.408 e. The largest absolute Gasteiger partial charge is 0.444 e. The fraction of sp³-hybridized carbons (Fsp3) is 0.842. The number of hydrogen-bond acceptors (Lipinski definition) is 4. The number of alkyl carbamates (subject to hydrolysis) is 1. The van der Waals surface area contributed by atoms with Crippen LogP contribution in [0.15, 0.2) is 0 Å². The molecule has 26 heavy (non-hydrogen) atoms. The van der Waals surface area contributed by atoms with Crippen LogP contribution in [0.25, 0.3) is 0 Å². The zero-order valence-electron chi connectivity index (χ0n) is 16.6. The van der Waals surface area contributed by atoms with Gasteiger partial charge in [0.25, 0.3) is 0 Å². The average Bonchev–Trinajstić information content (AvgIpc) is 2.86. The lowest BCUT2D eigenvalue weighted by Crippen LogP contribution is -2.55. The number of carbonyl (C=O) groups excluding carboxylic acids is 3. The van der Waals surface area contributed by atoms with E-state index in [-0.39, 0.29) is 17.9 Å². The molecule has 3 amide bonds. The summed E-state index contributed by atoms with van der Waals surface area (Å²) in [6, 6.07) is -0.983. The topological polar surface area (TPSA) is 87.7 Å². The average molecular weight is 367 g/mol. The minimum atomic E-state index is -0.631. The molecule has 2 saturated heterocycles. The molecular formula is C19H33N3O4. The lowest BCUT2D eigenvalue weighted by Gasteiger charge is -2.31. The van der Waals surface area contributed by atoms with Crippen LogP contribution in [0.4, 0.5) is 4.79 Å². The zero-order chi connectivity index (χ0) is 19.5. The highest BCUT2D eigenvalue weighted by atomic mass is 16.6. The predicted octanol–water partition coefficient (Wildman–Crippen LogP) is 2.20. The van der Waals surface area contributed by atoms with E-state index in [0.29, 0.717) is 25.3 Å². The Morgan fingerprint density at radius 2 is 1.88 bits per heavy atom. The number of fused-ring (bicyclic) bond motifs is 1. The second kappa shape index (κ2) is 8.27. The van der Waals surface area contributed by atoms with E-state index in [4.69, 9.17) is 4.74 Å². The Kier molecular flexibility index (Phi) is 6.53. The number of hydrogen-bond donors (Lipinski definition) is 2. The first-order valence-corrected chi connectivity index (χ1v) is 9.68. The summed E-state index contributed by atoms with van der Waals surface area (Å²) in [5.41, 5.74) is -0.618. The van der Waals surface area contributed by atoms with Crippen molar-refractivity contribution in [3.63, 3.8) is 0 Å². The van der Waals surface area contributed by atoms with E-state index >= 15 is 0 Å². The second-order valence-corrected chi connectivity index (χ2v) is 8.76. The van der Waals surface area contributed by atoms with E-state index in [1.165, 1.54) is 0 Å². The van der Waals surface area contributed by atoms with E-state index in [9.17, 15) is 14.4 Å². The highest BCUT2D eigenvalue weighted by Crippen LogP contribution is 2.32. The van der Waals surface area contributed by atoms with Crippen LogP contribution in [0.2, 0.25) is 0 Å². The predicted molar refractivity (Wildman–Crippen MR) is 98.5 cm³/mol. The molecule has 2 N–H and O–H groups in total. The fourth-order valence-electron chi connectivity index (χ4n) is 3.62. The lowest BCUT2D eigenvalue weighted by atomic mass is 10.1. The maximum absolute atomic E-state index is 13.1. The third-order valence-electron chi connectivity index (χ3n) is 4.76. The molecule has 2 aliphatic rings. The number of carbonyl (C=O) groups is 3. The van der Waals surface area contributed by atoms with Gasteiger partial charge in [-0.05, 0) is 58.8 Å². The minimum Gasteiger partial charge on any atom is -0.444 e. The number of ether oxygens (including phenoxy) is 1.